The summed E-state index contributed by atoms with van der Waals surface area (Å²) in [7, 11) is 0. The average molecular weight is 324 g/mol. The second-order valence-electron chi connectivity index (χ2n) is 4.62. The highest BCUT2D eigenvalue weighted by atomic mass is 79.9. The third kappa shape index (κ3) is 2.13. The van der Waals surface area contributed by atoms with Crippen molar-refractivity contribution in [3.8, 4) is 0 Å². The molecule has 2 unspecified atom stereocenters. The highest BCUT2D eigenvalue weighted by Gasteiger charge is 2.30. The molecule has 2 atom stereocenters. The molecule has 1 aliphatic rings. The Morgan fingerprint density at radius 2 is 2.33 bits per heavy atom. The SMILES string of the molecule is OC(c1sccc1Br)C1CCCc2cccnc21. The minimum absolute atomic E-state index is 0.130. The topological polar surface area (TPSA) is 33.1 Å². The summed E-state index contributed by atoms with van der Waals surface area (Å²) < 4.78 is 1.00. The van der Waals surface area contributed by atoms with E-state index >= 15 is 0 Å². The average Bonchev–Trinajstić information content (AvgIpc) is 2.83. The van der Waals surface area contributed by atoms with E-state index in [0.29, 0.717) is 0 Å². The quantitative estimate of drug-likeness (QED) is 0.904. The number of halogens is 1. The molecular weight excluding hydrogens is 310 g/mol. The minimum Gasteiger partial charge on any atom is -0.387 e. The van der Waals surface area contributed by atoms with Gasteiger partial charge in [-0.25, -0.2) is 0 Å². The Morgan fingerprint density at radius 3 is 3.11 bits per heavy atom. The Kier molecular flexibility index (Phi) is 3.50. The first-order valence-corrected chi connectivity index (χ1v) is 7.79. The summed E-state index contributed by atoms with van der Waals surface area (Å²) in [6.07, 6.45) is 4.60. The lowest BCUT2D eigenvalue weighted by atomic mass is 9.83. The molecule has 18 heavy (non-hydrogen) atoms. The molecule has 2 nitrogen and oxygen atoms in total. The van der Waals surface area contributed by atoms with Gasteiger partial charge in [-0.1, -0.05) is 6.07 Å². The highest BCUT2D eigenvalue weighted by Crippen LogP contribution is 2.42. The van der Waals surface area contributed by atoms with Crippen molar-refractivity contribution in [2.45, 2.75) is 31.3 Å². The fourth-order valence-corrected chi connectivity index (χ4v) is 4.31. The number of hydrogen-bond donors (Lipinski definition) is 1. The van der Waals surface area contributed by atoms with Gasteiger partial charge in [-0.15, -0.1) is 11.3 Å². The number of nitrogens with zero attached hydrogens (tertiary/aromatic N) is 1. The first kappa shape index (κ1) is 12.3. The molecule has 2 aromatic rings. The van der Waals surface area contributed by atoms with Crippen LogP contribution in [-0.4, -0.2) is 10.1 Å². The summed E-state index contributed by atoms with van der Waals surface area (Å²) >= 11 is 5.10. The molecule has 2 aromatic heterocycles. The lowest BCUT2D eigenvalue weighted by Gasteiger charge is -2.28. The molecule has 1 N–H and O–H groups in total. The van der Waals surface area contributed by atoms with Crippen LogP contribution in [0.5, 0.6) is 0 Å². The van der Waals surface area contributed by atoms with Gasteiger partial charge in [-0.2, -0.15) is 0 Å². The molecule has 0 amide bonds. The summed E-state index contributed by atoms with van der Waals surface area (Å²) in [5.41, 5.74) is 2.37. The van der Waals surface area contributed by atoms with Gasteiger partial charge < -0.3 is 5.11 Å². The zero-order valence-electron chi connectivity index (χ0n) is 9.84. The standard InChI is InChI=1S/C14H14BrNOS/c15-11-6-8-18-14(11)13(17)10-5-1-3-9-4-2-7-16-12(9)10/h2,4,6-8,10,13,17H,1,3,5H2. The summed E-state index contributed by atoms with van der Waals surface area (Å²) in [6.45, 7) is 0. The number of fused-ring (bicyclic) bond motifs is 1. The molecule has 0 radical (unpaired) electrons. The van der Waals surface area contributed by atoms with Crippen molar-refractivity contribution in [1.82, 2.24) is 4.98 Å². The van der Waals surface area contributed by atoms with Crippen LogP contribution in [0.1, 0.15) is 41.0 Å². The molecule has 0 spiro atoms. The van der Waals surface area contributed by atoms with E-state index in [2.05, 4.69) is 27.0 Å². The molecule has 94 valence electrons. The molecule has 0 saturated carbocycles. The van der Waals surface area contributed by atoms with Crippen LogP contribution in [0.4, 0.5) is 0 Å². The maximum Gasteiger partial charge on any atom is 0.0976 e. The van der Waals surface area contributed by atoms with E-state index in [-0.39, 0.29) is 5.92 Å². The van der Waals surface area contributed by atoms with Gasteiger partial charge in [0.25, 0.3) is 0 Å². The van der Waals surface area contributed by atoms with Crippen LogP contribution in [0.15, 0.2) is 34.2 Å². The third-order valence-corrected chi connectivity index (χ3v) is 5.47. The van der Waals surface area contributed by atoms with Crippen LogP contribution in [0.25, 0.3) is 0 Å². The number of thiophene rings is 1. The zero-order valence-corrected chi connectivity index (χ0v) is 12.2. The summed E-state index contributed by atoms with van der Waals surface area (Å²) in [6, 6.07) is 6.10. The predicted molar refractivity (Wildman–Crippen MR) is 76.9 cm³/mol. The number of aliphatic hydroxyl groups excluding tert-OH is 1. The monoisotopic (exact) mass is 323 g/mol. The van der Waals surface area contributed by atoms with Crippen molar-refractivity contribution in [2.24, 2.45) is 0 Å². The van der Waals surface area contributed by atoms with Gasteiger partial charge in [0.2, 0.25) is 0 Å². The number of pyridine rings is 1. The Morgan fingerprint density at radius 1 is 1.44 bits per heavy atom. The van der Waals surface area contributed by atoms with Gasteiger partial charge >= 0.3 is 0 Å². The lowest BCUT2D eigenvalue weighted by molar-refractivity contribution is 0.137. The highest BCUT2D eigenvalue weighted by molar-refractivity contribution is 9.10. The Balaban J connectivity index is 1.97. The Labute approximate surface area is 119 Å². The predicted octanol–water partition coefficient (Wildman–Crippen LogP) is 4.06. The van der Waals surface area contributed by atoms with Crippen LogP contribution in [0, 0.1) is 0 Å². The maximum absolute atomic E-state index is 10.6. The lowest BCUT2D eigenvalue weighted by Crippen LogP contribution is -2.18. The maximum atomic E-state index is 10.6. The van der Waals surface area contributed by atoms with Crippen molar-refractivity contribution < 1.29 is 5.11 Å². The van der Waals surface area contributed by atoms with Gasteiger partial charge in [0.05, 0.1) is 6.10 Å². The molecular formula is C14H14BrNOS. The summed E-state index contributed by atoms with van der Waals surface area (Å²) in [5, 5.41) is 12.6. The fourth-order valence-electron chi connectivity index (χ4n) is 2.65. The van der Waals surface area contributed by atoms with E-state index in [0.717, 1.165) is 34.3 Å². The smallest absolute Gasteiger partial charge is 0.0976 e. The van der Waals surface area contributed by atoms with E-state index in [1.54, 1.807) is 11.3 Å². The van der Waals surface area contributed by atoms with Gasteiger partial charge in [-0.3, -0.25) is 4.98 Å². The van der Waals surface area contributed by atoms with Crippen LogP contribution in [-0.2, 0) is 6.42 Å². The minimum atomic E-state index is -0.451. The van der Waals surface area contributed by atoms with Crippen LogP contribution < -0.4 is 0 Å². The van der Waals surface area contributed by atoms with Crippen molar-refractivity contribution in [1.29, 1.82) is 0 Å². The van der Waals surface area contributed by atoms with Crippen molar-refractivity contribution in [3.63, 3.8) is 0 Å². The van der Waals surface area contributed by atoms with E-state index in [1.807, 2.05) is 23.7 Å². The second kappa shape index (κ2) is 5.11. The normalized spacial score (nSPS) is 20.4. The van der Waals surface area contributed by atoms with Crippen LogP contribution >= 0.6 is 27.3 Å². The summed E-state index contributed by atoms with van der Waals surface area (Å²) in [4.78, 5) is 5.50. The van der Waals surface area contributed by atoms with Gasteiger partial charge in [-0.05, 0) is 58.3 Å². The number of aliphatic hydroxyl groups is 1. The van der Waals surface area contributed by atoms with Crippen molar-refractivity contribution >= 4 is 27.3 Å². The Hall–Kier alpha value is -0.710. The molecule has 2 heterocycles. The molecule has 0 bridgehead atoms. The van der Waals surface area contributed by atoms with Gasteiger partial charge in [0.15, 0.2) is 0 Å². The molecule has 4 heteroatoms. The summed E-state index contributed by atoms with van der Waals surface area (Å²) in [5.74, 6) is 0.130. The largest absolute Gasteiger partial charge is 0.387 e. The molecule has 0 saturated heterocycles. The number of hydrogen-bond acceptors (Lipinski definition) is 3. The number of aromatic nitrogens is 1. The van der Waals surface area contributed by atoms with Crippen LogP contribution in [0.3, 0.4) is 0 Å². The molecule has 0 aromatic carbocycles. The van der Waals surface area contributed by atoms with Crippen molar-refractivity contribution in [2.75, 3.05) is 0 Å². The zero-order chi connectivity index (χ0) is 12.5. The molecule has 0 aliphatic heterocycles. The van der Waals surface area contributed by atoms with E-state index in [9.17, 15) is 5.11 Å². The van der Waals surface area contributed by atoms with E-state index < -0.39 is 6.10 Å². The van der Waals surface area contributed by atoms with Gasteiger partial charge in [0.1, 0.15) is 0 Å². The fraction of sp³-hybridized carbons (Fsp3) is 0.357. The van der Waals surface area contributed by atoms with E-state index in [1.165, 1.54) is 5.56 Å². The molecule has 3 rings (SSSR count). The third-order valence-electron chi connectivity index (χ3n) is 3.53. The number of rotatable bonds is 2. The molecule has 0 fully saturated rings. The first-order chi connectivity index (χ1) is 8.77. The molecule has 1 aliphatic carbocycles. The van der Waals surface area contributed by atoms with E-state index in [4.69, 9.17) is 0 Å². The second-order valence-corrected chi connectivity index (χ2v) is 6.43. The Bertz CT molecular complexity index is 554. The van der Waals surface area contributed by atoms with Gasteiger partial charge in [0, 0.05) is 27.2 Å². The van der Waals surface area contributed by atoms with Crippen molar-refractivity contribution in [3.05, 3.63) is 50.4 Å². The first-order valence-electron chi connectivity index (χ1n) is 6.12. The van der Waals surface area contributed by atoms with Crippen LogP contribution in [0.2, 0.25) is 0 Å². The number of aryl methyl sites for hydroxylation is 1.